The molecule has 1 aromatic carbocycles. The van der Waals surface area contributed by atoms with Crippen molar-refractivity contribution in [2.45, 2.75) is 38.8 Å². The maximum atomic E-state index is 13.3. The first-order chi connectivity index (χ1) is 10.2. The van der Waals surface area contributed by atoms with E-state index in [-0.39, 0.29) is 6.04 Å². The highest BCUT2D eigenvalue weighted by Gasteiger charge is 2.29. The summed E-state index contributed by atoms with van der Waals surface area (Å²) < 4.78 is 31.7. The van der Waals surface area contributed by atoms with Gasteiger partial charge in [0.1, 0.15) is 0 Å². The highest BCUT2D eigenvalue weighted by atomic mass is 19.2. The van der Waals surface area contributed by atoms with Gasteiger partial charge in [0.15, 0.2) is 17.4 Å². The summed E-state index contributed by atoms with van der Waals surface area (Å²) >= 11 is 0. The van der Waals surface area contributed by atoms with Crippen LogP contribution in [0.2, 0.25) is 0 Å². The predicted octanol–water partition coefficient (Wildman–Crippen LogP) is 3.85. The molecule has 1 atom stereocenters. The van der Waals surface area contributed by atoms with Gasteiger partial charge in [-0.15, -0.1) is 0 Å². The lowest BCUT2D eigenvalue weighted by molar-refractivity contribution is 0.206. The summed E-state index contributed by atoms with van der Waals surface area (Å²) in [6.07, 6.45) is 2.91. The largest absolute Gasteiger partial charge is 0.359 e. The van der Waals surface area contributed by atoms with E-state index in [1.807, 2.05) is 13.0 Å². The summed E-state index contributed by atoms with van der Waals surface area (Å²) in [5, 5.41) is 4.04. The number of halogens is 2. The van der Waals surface area contributed by atoms with Crippen molar-refractivity contribution in [3.8, 4) is 0 Å². The fourth-order valence-corrected chi connectivity index (χ4v) is 2.86. The van der Waals surface area contributed by atoms with Gasteiger partial charge < -0.3 is 4.52 Å². The number of hydrogen-bond donors (Lipinski definition) is 0. The Hall–Kier alpha value is -1.75. The van der Waals surface area contributed by atoms with Crippen LogP contribution in [0.15, 0.2) is 28.8 Å². The standard InChI is InChI=1S/C16H18F2N2O/c1-2-12-9-16(21-19-12)15-4-3-7-20(15)10-11-5-6-13(17)14(18)8-11/h5-6,8-9,15H,2-4,7,10H2,1H3/t15-/m0/s1. The van der Waals surface area contributed by atoms with Gasteiger partial charge in [0.25, 0.3) is 0 Å². The second kappa shape index (κ2) is 5.93. The molecule has 0 spiro atoms. The van der Waals surface area contributed by atoms with E-state index in [1.165, 1.54) is 12.1 Å². The van der Waals surface area contributed by atoms with Crippen molar-refractivity contribution in [2.75, 3.05) is 6.54 Å². The molecular formula is C16H18F2N2O. The molecule has 1 saturated heterocycles. The van der Waals surface area contributed by atoms with Crippen molar-refractivity contribution >= 4 is 0 Å². The summed E-state index contributed by atoms with van der Waals surface area (Å²) in [4.78, 5) is 2.23. The van der Waals surface area contributed by atoms with Gasteiger partial charge in [0.2, 0.25) is 0 Å². The highest BCUT2D eigenvalue weighted by Crippen LogP contribution is 2.33. The lowest BCUT2D eigenvalue weighted by Crippen LogP contribution is -2.22. The van der Waals surface area contributed by atoms with Gasteiger partial charge in [-0.25, -0.2) is 8.78 Å². The molecule has 0 bridgehead atoms. The van der Waals surface area contributed by atoms with Crippen LogP contribution in [0.3, 0.4) is 0 Å². The first kappa shape index (κ1) is 14.2. The zero-order chi connectivity index (χ0) is 14.8. The number of nitrogens with zero attached hydrogens (tertiary/aromatic N) is 2. The minimum atomic E-state index is -0.806. The molecule has 112 valence electrons. The van der Waals surface area contributed by atoms with Gasteiger partial charge in [-0.1, -0.05) is 18.1 Å². The molecule has 1 aliphatic heterocycles. The van der Waals surface area contributed by atoms with Crippen LogP contribution in [-0.2, 0) is 13.0 Å². The van der Waals surface area contributed by atoms with Crippen LogP contribution >= 0.6 is 0 Å². The third-order valence-corrected chi connectivity index (χ3v) is 4.00. The Morgan fingerprint density at radius 2 is 2.14 bits per heavy atom. The maximum absolute atomic E-state index is 13.3. The van der Waals surface area contributed by atoms with E-state index in [0.29, 0.717) is 6.54 Å². The van der Waals surface area contributed by atoms with E-state index in [1.54, 1.807) is 6.07 Å². The van der Waals surface area contributed by atoms with Crippen LogP contribution in [0.25, 0.3) is 0 Å². The van der Waals surface area contributed by atoms with Crippen molar-refractivity contribution in [1.82, 2.24) is 10.1 Å². The van der Waals surface area contributed by atoms with Crippen molar-refractivity contribution in [3.05, 3.63) is 52.9 Å². The van der Waals surface area contributed by atoms with Crippen LogP contribution < -0.4 is 0 Å². The Bertz CT molecular complexity index is 626. The van der Waals surface area contributed by atoms with Gasteiger partial charge in [-0.3, -0.25) is 4.90 Å². The number of benzene rings is 1. The Balaban J connectivity index is 1.76. The zero-order valence-electron chi connectivity index (χ0n) is 12.0. The second-order valence-electron chi connectivity index (χ2n) is 5.45. The summed E-state index contributed by atoms with van der Waals surface area (Å²) in [6, 6.07) is 6.24. The normalized spacial score (nSPS) is 19.3. The molecule has 0 N–H and O–H groups in total. The van der Waals surface area contributed by atoms with Crippen molar-refractivity contribution in [3.63, 3.8) is 0 Å². The maximum Gasteiger partial charge on any atom is 0.159 e. The molecule has 1 fully saturated rings. The Labute approximate surface area is 122 Å². The van der Waals surface area contributed by atoms with Crippen LogP contribution in [0.1, 0.15) is 42.8 Å². The fraction of sp³-hybridized carbons (Fsp3) is 0.438. The molecule has 0 amide bonds. The molecule has 2 heterocycles. The number of rotatable bonds is 4. The summed E-state index contributed by atoms with van der Waals surface area (Å²) in [5.41, 5.74) is 1.72. The average molecular weight is 292 g/mol. The molecule has 0 aliphatic carbocycles. The second-order valence-corrected chi connectivity index (χ2v) is 5.45. The molecule has 0 radical (unpaired) electrons. The number of aromatic nitrogens is 1. The monoisotopic (exact) mass is 292 g/mol. The van der Waals surface area contributed by atoms with E-state index < -0.39 is 11.6 Å². The molecular weight excluding hydrogens is 274 g/mol. The van der Waals surface area contributed by atoms with Crippen molar-refractivity contribution in [1.29, 1.82) is 0 Å². The molecule has 0 unspecified atom stereocenters. The van der Waals surface area contributed by atoms with Crippen molar-refractivity contribution in [2.24, 2.45) is 0 Å². The van der Waals surface area contributed by atoms with Gasteiger partial charge in [-0.05, 0) is 43.5 Å². The van der Waals surface area contributed by atoms with Crippen LogP contribution in [-0.4, -0.2) is 16.6 Å². The predicted molar refractivity (Wildman–Crippen MR) is 74.6 cm³/mol. The molecule has 3 rings (SSSR count). The Morgan fingerprint density at radius 3 is 2.86 bits per heavy atom. The van der Waals surface area contributed by atoms with Crippen LogP contribution in [0, 0.1) is 11.6 Å². The SMILES string of the molecule is CCc1cc([C@@H]2CCCN2Cc2ccc(F)c(F)c2)on1. The van der Waals surface area contributed by atoms with Crippen LogP contribution in [0.4, 0.5) is 8.78 Å². The summed E-state index contributed by atoms with van der Waals surface area (Å²) in [7, 11) is 0. The molecule has 1 aliphatic rings. The lowest BCUT2D eigenvalue weighted by Gasteiger charge is -2.22. The van der Waals surface area contributed by atoms with Gasteiger partial charge in [0, 0.05) is 12.6 Å². The van der Waals surface area contributed by atoms with E-state index in [9.17, 15) is 8.78 Å². The third-order valence-electron chi connectivity index (χ3n) is 4.00. The van der Waals surface area contributed by atoms with E-state index in [4.69, 9.17) is 4.52 Å². The minimum absolute atomic E-state index is 0.172. The lowest BCUT2D eigenvalue weighted by atomic mass is 10.1. The first-order valence-corrected chi connectivity index (χ1v) is 7.31. The summed E-state index contributed by atoms with van der Waals surface area (Å²) in [5.74, 6) is -0.734. The molecule has 5 heteroatoms. The number of hydrogen-bond acceptors (Lipinski definition) is 3. The Kier molecular flexibility index (Phi) is 4.01. The van der Waals surface area contributed by atoms with E-state index in [0.717, 1.165) is 42.8 Å². The van der Waals surface area contributed by atoms with E-state index in [2.05, 4.69) is 10.1 Å². The van der Waals surface area contributed by atoms with Gasteiger partial charge in [0.05, 0.1) is 11.7 Å². The molecule has 21 heavy (non-hydrogen) atoms. The molecule has 3 nitrogen and oxygen atoms in total. The number of likely N-dealkylation sites (tertiary alicyclic amines) is 1. The zero-order valence-corrected chi connectivity index (χ0v) is 12.0. The van der Waals surface area contributed by atoms with Crippen LogP contribution in [0.5, 0.6) is 0 Å². The highest BCUT2D eigenvalue weighted by molar-refractivity contribution is 5.19. The minimum Gasteiger partial charge on any atom is -0.359 e. The van der Waals surface area contributed by atoms with E-state index >= 15 is 0 Å². The summed E-state index contributed by atoms with van der Waals surface area (Å²) in [6.45, 7) is 3.55. The smallest absolute Gasteiger partial charge is 0.159 e. The Morgan fingerprint density at radius 1 is 1.29 bits per heavy atom. The average Bonchev–Trinajstić information content (AvgIpc) is 3.11. The van der Waals surface area contributed by atoms with Gasteiger partial charge in [-0.2, -0.15) is 0 Å². The molecule has 2 aromatic rings. The quantitative estimate of drug-likeness (QED) is 0.857. The number of aryl methyl sites for hydroxylation is 1. The third kappa shape index (κ3) is 2.97. The molecule has 0 saturated carbocycles. The van der Waals surface area contributed by atoms with Crippen molar-refractivity contribution < 1.29 is 13.3 Å². The van der Waals surface area contributed by atoms with Gasteiger partial charge >= 0.3 is 0 Å². The topological polar surface area (TPSA) is 29.3 Å². The fourth-order valence-electron chi connectivity index (χ4n) is 2.86. The molecule has 1 aromatic heterocycles. The first-order valence-electron chi connectivity index (χ1n) is 7.31.